The van der Waals surface area contributed by atoms with Gasteiger partial charge in [-0.3, -0.25) is 4.79 Å². The smallest absolute Gasteiger partial charge is 0.251 e. The van der Waals surface area contributed by atoms with E-state index in [1.165, 1.54) is 19.2 Å². The minimum atomic E-state index is -3.62. The molecule has 2 aromatic rings. The molecule has 2 rings (SSSR count). The molecule has 0 aliphatic heterocycles. The summed E-state index contributed by atoms with van der Waals surface area (Å²) in [5, 5.41) is 3.69. The number of halogens is 2. The highest BCUT2D eigenvalue weighted by Gasteiger charge is 2.16. The van der Waals surface area contributed by atoms with E-state index in [1.807, 2.05) is 0 Å². The molecule has 128 valence electrons. The van der Waals surface area contributed by atoms with Gasteiger partial charge in [0, 0.05) is 22.2 Å². The van der Waals surface area contributed by atoms with Gasteiger partial charge in [0.1, 0.15) is 0 Å². The topological polar surface area (TPSA) is 75.3 Å². The monoisotopic (exact) mass is 386 g/mol. The highest BCUT2D eigenvalue weighted by molar-refractivity contribution is 7.89. The number of nitrogens with one attached hydrogen (secondary N) is 2. The van der Waals surface area contributed by atoms with Crippen molar-refractivity contribution < 1.29 is 13.2 Å². The van der Waals surface area contributed by atoms with Crippen molar-refractivity contribution in [2.45, 2.75) is 18.4 Å². The maximum Gasteiger partial charge on any atom is 0.251 e. The molecule has 0 aliphatic rings. The lowest BCUT2D eigenvalue weighted by Gasteiger charge is -2.11. The van der Waals surface area contributed by atoms with Crippen LogP contribution in [0.2, 0.25) is 10.0 Å². The Kier molecular flexibility index (Phi) is 5.87. The van der Waals surface area contributed by atoms with Crippen molar-refractivity contribution in [2.24, 2.45) is 0 Å². The minimum absolute atomic E-state index is 0.0327. The number of sulfonamides is 1. The van der Waals surface area contributed by atoms with Gasteiger partial charge in [-0.05, 0) is 49.4 Å². The average molecular weight is 387 g/mol. The van der Waals surface area contributed by atoms with Crippen LogP contribution in [0.15, 0.2) is 41.3 Å². The van der Waals surface area contributed by atoms with E-state index in [9.17, 15) is 13.2 Å². The van der Waals surface area contributed by atoms with Crippen LogP contribution in [0, 0.1) is 6.92 Å². The standard InChI is InChI=1S/C16H16Cl2N2O3S/c1-10-3-6-13(24(22,23)19-2)8-14(10)16(21)20-9-11-4-5-12(17)7-15(11)18/h3-8,19H,9H2,1-2H3,(H,20,21). The molecule has 0 saturated heterocycles. The Morgan fingerprint density at radius 1 is 1.12 bits per heavy atom. The first kappa shape index (κ1) is 18.7. The molecule has 0 aromatic heterocycles. The first-order chi connectivity index (χ1) is 11.2. The summed E-state index contributed by atoms with van der Waals surface area (Å²) in [6.45, 7) is 1.94. The summed E-state index contributed by atoms with van der Waals surface area (Å²) >= 11 is 11.9. The molecular weight excluding hydrogens is 371 g/mol. The number of carbonyl (C=O) groups excluding carboxylic acids is 1. The van der Waals surface area contributed by atoms with Gasteiger partial charge in [-0.25, -0.2) is 13.1 Å². The molecule has 0 atom stereocenters. The van der Waals surface area contributed by atoms with Crippen molar-refractivity contribution in [3.05, 3.63) is 63.1 Å². The summed E-state index contributed by atoms with van der Waals surface area (Å²) in [6.07, 6.45) is 0. The highest BCUT2D eigenvalue weighted by atomic mass is 35.5. The van der Waals surface area contributed by atoms with Gasteiger partial charge in [-0.2, -0.15) is 0 Å². The largest absolute Gasteiger partial charge is 0.348 e. The molecule has 0 spiro atoms. The third kappa shape index (κ3) is 4.27. The maximum absolute atomic E-state index is 12.4. The molecule has 5 nitrogen and oxygen atoms in total. The van der Waals surface area contributed by atoms with E-state index in [0.29, 0.717) is 21.2 Å². The van der Waals surface area contributed by atoms with Crippen LogP contribution in [0.1, 0.15) is 21.5 Å². The van der Waals surface area contributed by atoms with E-state index < -0.39 is 10.0 Å². The Morgan fingerprint density at radius 2 is 1.83 bits per heavy atom. The van der Waals surface area contributed by atoms with Crippen LogP contribution in [-0.2, 0) is 16.6 Å². The van der Waals surface area contributed by atoms with Gasteiger partial charge in [0.25, 0.3) is 5.91 Å². The van der Waals surface area contributed by atoms with Crippen LogP contribution in [0.25, 0.3) is 0 Å². The zero-order valence-electron chi connectivity index (χ0n) is 13.1. The molecule has 0 aliphatic carbocycles. The van der Waals surface area contributed by atoms with Crippen molar-refractivity contribution in [1.29, 1.82) is 0 Å². The molecule has 0 unspecified atom stereocenters. The number of benzene rings is 2. The fourth-order valence-corrected chi connectivity index (χ4v) is 3.30. The molecular formula is C16H16Cl2N2O3S. The average Bonchev–Trinajstić information content (AvgIpc) is 2.54. The molecule has 0 bridgehead atoms. The Labute approximate surface area is 151 Å². The Hall–Kier alpha value is -1.60. The van der Waals surface area contributed by atoms with E-state index in [0.717, 1.165) is 0 Å². The molecule has 0 heterocycles. The Bertz CT molecular complexity index is 883. The molecule has 0 saturated carbocycles. The number of rotatable bonds is 5. The number of amides is 1. The van der Waals surface area contributed by atoms with Gasteiger partial charge in [-0.15, -0.1) is 0 Å². The van der Waals surface area contributed by atoms with E-state index in [-0.39, 0.29) is 22.9 Å². The predicted octanol–water partition coefficient (Wildman–Crippen LogP) is 3.14. The lowest BCUT2D eigenvalue weighted by Crippen LogP contribution is -2.25. The van der Waals surface area contributed by atoms with Gasteiger partial charge in [0.15, 0.2) is 0 Å². The van der Waals surface area contributed by atoms with E-state index in [1.54, 1.807) is 31.2 Å². The van der Waals surface area contributed by atoms with E-state index >= 15 is 0 Å². The number of aryl methyl sites for hydroxylation is 1. The molecule has 1 amide bonds. The van der Waals surface area contributed by atoms with Crippen LogP contribution < -0.4 is 10.0 Å². The van der Waals surface area contributed by atoms with Crippen molar-refractivity contribution in [1.82, 2.24) is 10.0 Å². The van der Waals surface area contributed by atoms with Crippen LogP contribution in [0.5, 0.6) is 0 Å². The lowest BCUT2D eigenvalue weighted by atomic mass is 10.1. The summed E-state index contributed by atoms with van der Waals surface area (Å²) in [4.78, 5) is 12.4. The highest BCUT2D eigenvalue weighted by Crippen LogP contribution is 2.21. The summed E-state index contributed by atoms with van der Waals surface area (Å²) in [5.41, 5.74) is 1.67. The molecule has 0 radical (unpaired) electrons. The quantitative estimate of drug-likeness (QED) is 0.828. The van der Waals surface area contributed by atoms with E-state index in [4.69, 9.17) is 23.2 Å². The van der Waals surface area contributed by atoms with Crippen molar-refractivity contribution in [3.8, 4) is 0 Å². The first-order valence-electron chi connectivity index (χ1n) is 7.01. The van der Waals surface area contributed by atoms with Crippen molar-refractivity contribution in [2.75, 3.05) is 7.05 Å². The van der Waals surface area contributed by atoms with Crippen molar-refractivity contribution in [3.63, 3.8) is 0 Å². The number of hydrogen-bond acceptors (Lipinski definition) is 3. The van der Waals surface area contributed by atoms with Crippen LogP contribution in [0.3, 0.4) is 0 Å². The second-order valence-electron chi connectivity index (χ2n) is 5.10. The summed E-state index contributed by atoms with van der Waals surface area (Å²) in [7, 11) is -2.30. The molecule has 0 fully saturated rings. The second kappa shape index (κ2) is 7.53. The predicted molar refractivity (Wildman–Crippen MR) is 95.1 cm³/mol. The fourth-order valence-electron chi connectivity index (χ4n) is 2.07. The SMILES string of the molecule is CNS(=O)(=O)c1ccc(C)c(C(=O)NCc2ccc(Cl)cc2Cl)c1. The normalized spacial score (nSPS) is 11.3. The zero-order valence-corrected chi connectivity index (χ0v) is 15.4. The summed E-state index contributed by atoms with van der Waals surface area (Å²) < 4.78 is 26.0. The second-order valence-corrected chi connectivity index (χ2v) is 7.83. The Balaban J connectivity index is 2.22. The number of carbonyl (C=O) groups is 1. The van der Waals surface area contributed by atoms with Gasteiger partial charge < -0.3 is 5.32 Å². The summed E-state index contributed by atoms with van der Waals surface area (Å²) in [6, 6.07) is 9.39. The van der Waals surface area contributed by atoms with Crippen LogP contribution in [-0.4, -0.2) is 21.4 Å². The molecule has 2 N–H and O–H groups in total. The first-order valence-corrected chi connectivity index (χ1v) is 9.25. The lowest BCUT2D eigenvalue weighted by molar-refractivity contribution is 0.0950. The maximum atomic E-state index is 12.4. The van der Waals surface area contributed by atoms with Gasteiger partial charge >= 0.3 is 0 Å². The molecule has 24 heavy (non-hydrogen) atoms. The van der Waals surface area contributed by atoms with Crippen molar-refractivity contribution >= 4 is 39.1 Å². The van der Waals surface area contributed by atoms with Gasteiger partial charge in [0.2, 0.25) is 10.0 Å². The van der Waals surface area contributed by atoms with Crippen LogP contribution in [0.4, 0.5) is 0 Å². The third-order valence-electron chi connectivity index (χ3n) is 3.49. The summed E-state index contributed by atoms with van der Waals surface area (Å²) in [5.74, 6) is -0.383. The fraction of sp³-hybridized carbons (Fsp3) is 0.188. The van der Waals surface area contributed by atoms with Gasteiger partial charge in [-0.1, -0.05) is 35.3 Å². The van der Waals surface area contributed by atoms with Crippen LogP contribution >= 0.6 is 23.2 Å². The van der Waals surface area contributed by atoms with Gasteiger partial charge in [0.05, 0.1) is 4.90 Å². The zero-order chi connectivity index (χ0) is 17.9. The Morgan fingerprint density at radius 3 is 2.46 bits per heavy atom. The number of hydrogen-bond donors (Lipinski definition) is 2. The minimum Gasteiger partial charge on any atom is -0.348 e. The van der Waals surface area contributed by atoms with E-state index in [2.05, 4.69) is 10.0 Å². The molecule has 8 heteroatoms. The molecule has 2 aromatic carbocycles. The third-order valence-corrected chi connectivity index (χ3v) is 5.49.